The number of aliphatic hydroxyl groups excluding tert-OH is 1. The van der Waals surface area contributed by atoms with E-state index in [2.05, 4.69) is 129 Å². The normalized spacial score (nSPS) is 15.1. The summed E-state index contributed by atoms with van der Waals surface area (Å²) >= 11 is 0. The number of unbranched alkanes of at least 4 members (excludes halogenated alkanes) is 13. The Hall–Kier alpha value is -3.10. The molecule has 0 aliphatic heterocycles. The second-order valence-electron chi connectivity index (χ2n) is 17.8. The monoisotopic (exact) mass is 923 g/mol. The molecule has 3 unspecified atom stereocenters. The quantitative estimate of drug-likeness (QED) is 0.0273. The van der Waals surface area contributed by atoms with E-state index in [0.29, 0.717) is 23.9 Å². The van der Waals surface area contributed by atoms with Crippen molar-refractivity contribution in [3.8, 4) is 0 Å². The first-order valence-electron chi connectivity index (χ1n) is 25.4. The van der Waals surface area contributed by atoms with Crippen LogP contribution in [0.3, 0.4) is 0 Å². The molecule has 65 heavy (non-hydrogen) atoms. The van der Waals surface area contributed by atoms with E-state index in [0.717, 1.165) is 96.3 Å². The van der Waals surface area contributed by atoms with Crippen LogP contribution in [0.4, 0.5) is 0 Å². The van der Waals surface area contributed by atoms with E-state index in [1.54, 1.807) is 6.08 Å². The summed E-state index contributed by atoms with van der Waals surface area (Å²) in [6.07, 6.45) is 68.3. The molecule has 1 amide bonds. The molecule has 0 aromatic carbocycles. The molecule has 0 bridgehead atoms. The largest absolute Gasteiger partial charge is 0.756 e. The van der Waals surface area contributed by atoms with E-state index in [4.69, 9.17) is 9.05 Å². The first kappa shape index (κ1) is 61.9. The van der Waals surface area contributed by atoms with Crippen LogP contribution in [0, 0.1) is 0 Å². The van der Waals surface area contributed by atoms with Crippen LogP contribution in [-0.2, 0) is 18.4 Å². The molecule has 370 valence electrons. The van der Waals surface area contributed by atoms with Gasteiger partial charge in [-0.15, -0.1) is 0 Å². The number of allylic oxidation sites excluding steroid dienone is 19. The van der Waals surface area contributed by atoms with Gasteiger partial charge >= 0.3 is 0 Å². The summed E-state index contributed by atoms with van der Waals surface area (Å²) in [5.74, 6) is -0.237. The standard InChI is InChI=1S/C56H95N2O6P/c1-6-8-10-12-14-16-18-20-21-22-23-24-25-26-27-28-29-30-31-32-33-34-35-36-37-38-40-42-44-46-48-50-56(60)57-54(53-64-65(61,62)63-52-51-58(3,4)5)55(59)49-47-45-43-41-39-19-17-15-13-11-9-7-2/h8,10,14,16,20-21,23-24,26-27,29-30,32-33,35-36,38,40,47,49,54-55,59H,6-7,9,11-13,15,17-19,22,25,28,31,34,37,39,41-46,48,50-53H2,1-5H3,(H-,57,60,61,62)/b10-8-,16-14-,21-20-,24-23-,27-26-,30-29-,33-32-,36-35-,40-38-,49-47+. The molecular weight excluding hydrogens is 828 g/mol. The van der Waals surface area contributed by atoms with Crippen LogP contribution in [0.25, 0.3) is 0 Å². The highest BCUT2D eigenvalue weighted by molar-refractivity contribution is 7.45. The van der Waals surface area contributed by atoms with Crippen LogP contribution in [0.1, 0.15) is 174 Å². The molecule has 0 saturated heterocycles. The van der Waals surface area contributed by atoms with Crippen molar-refractivity contribution in [1.29, 1.82) is 0 Å². The third-order valence-corrected chi connectivity index (χ3v) is 11.4. The van der Waals surface area contributed by atoms with E-state index in [1.165, 1.54) is 51.4 Å². The van der Waals surface area contributed by atoms with Gasteiger partial charge in [0.15, 0.2) is 0 Å². The van der Waals surface area contributed by atoms with Gasteiger partial charge in [0, 0.05) is 6.42 Å². The number of hydrogen-bond acceptors (Lipinski definition) is 6. The number of phosphoric ester groups is 1. The van der Waals surface area contributed by atoms with Crippen molar-refractivity contribution in [2.24, 2.45) is 0 Å². The summed E-state index contributed by atoms with van der Waals surface area (Å²) < 4.78 is 23.2. The Morgan fingerprint density at radius 3 is 1.37 bits per heavy atom. The lowest BCUT2D eigenvalue weighted by Crippen LogP contribution is -2.45. The third kappa shape index (κ3) is 48.6. The minimum absolute atomic E-state index is 0.0149. The van der Waals surface area contributed by atoms with E-state index in [1.807, 2.05) is 27.2 Å². The highest BCUT2D eigenvalue weighted by Crippen LogP contribution is 2.38. The van der Waals surface area contributed by atoms with E-state index in [9.17, 15) is 19.4 Å². The van der Waals surface area contributed by atoms with Gasteiger partial charge in [-0.2, -0.15) is 0 Å². The van der Waals surface area contributed by atoms with E-state index in [-0.39, 0.29) is 12.5 Å². The van der Waals surface area contributed by atoms with Gasteiger partial charge in [-0.3, -0.25) is 9.36 Å². The smallest absolute Gasteiger partial charge is 0.268 e. The van der Waals surface area contributed by atoms with Gasteiger partial charge < -0.3 is 28.8 Å². The number of aliphatic hydroxyl groups is 1. The second kappa shape index (κ2) is 46.0. The lowest BCUT2D eigenvalue weighted by molar-refractivity contribution is -0.870. The molecule has 2 N–H and O–H groups in total. The van der Waals surface area contributed by atoms with Crippen molar-refractivity contribution in [2.45, 2.75) is 187 Å². The molecule has 3 atom stereocenters. The van der Waals surface area contributed by atoms with Gasteiger partial charge in [-0.25, -0.2) is 0 Å². The zero-order valence-electron chi connectivity index (χ0n) is 41.9. The van der Waals surface area contributed by atoms with Crippen LogP contribution in [-0.4, -0.2) is 68.5 Å². The maximum absolute atomic E-state index is 12.9. The molecule has 0 aromatic heterocycles. The van der Waals surface area contributed by atoms with Gasteiger partial charge in [0.2, 0.25) is 5.91 Å². The Bertz CT molecular complexity index is 1460. The van der Waals surface area contributed by atoms with Crippen molar-refractivity contribution in [1.82, 2.24) is 5.32 Å². The third-order valence-electron chi connectivity index (χ3n) is 10.4. The second-order valence-corrected chi connectivity index (χ2v) is 19.2. The zero-order chi connectivity index (χ0) is 47.8. The van der Waals surface area contributed by atoms with Crippen LogP contribution in [0.5, 0.6) is 0 Å². The molecule has 0 saturated carbocycles. The van der Waals surface area contributed by atoms with Crippen LogP contribution in [0.2, 0.25) is 0 Å². The van der Waals surface area contributed by atoms with Crippen molar-refractivity contribution >= 4 is 13.7 Å². The maximum atomic E-state index is 12.9. The van der Waals surface area contributed by atoms with Gasteiger partial charge in [0.1, 0.15) is 13.2 Å². The summed E-state index contributed by atoms with van der Waals surface area (Å²) in [5, 5.41) is 13.8. The van der Waals surface area contributed by atoms with Gasteiger partial charge in [-0.05, 0) is 89.9 Å². The molecule has 0 rings (SSSR count). The maximum Gasteiger partial charge on any atom is 0.268 e. The number of hydrogen-bond donors (Lipinski definition) is 2. The fourth-order valence-electron chi connectivity index (χ4n) is 6.44. The number of carbonyl (C=O) groups is 1. The van der Waals surface area contributed by atoms with Crippen molar-refractivity contribution in [3.05, 3.63) is 122 Å². The summed E-state index contributed by atoms with van der Waals surface area (Å²) in [6.45, 7) is 4.47. The van der Waals surface area contributed by atoms with Crippen molar-refractivity contribution in [2.75, 3.05) is 40.9 Å². The Kier molecular flexibility index (Phi) is 43.8. The number of rotatable bonds is 44. The highest BCUT2D eigenvalue weighted by atomic mass is 31.2. The van der Waals surface area contributed by atoms with Gasteiger partial charge in [-0.1, -0.05) is 200 Å². The summed E-state index contributed by atoms with van der Waals surface area (Å²) in [7, 11) is 1.21. The predicted molar refractivity (Wildman–Crippen MR) is 279 cm³/mol. The van der Waals surface area contributed by atoms with Gasteiger partial charge in [0.25, 0.3) is 7.82 Å². The minimum atomic E-state index is -4.61. The Morgan fingerprint density at radius 1 is 0.554 bits per heavy atom. The number of phosphoric acid groups is 1. The summed E-state index contributed by atoms with van der Waals surface area (Å²) in [6, 6.07) is -0.912. The van der Waals surface area contributed by atoms with E-state index >= 15 is 0 Å². The van der Waals surface area contributed by atoms with Crippen molar-refractivity contribution < 1.29 is 32.9 Å². The number of likely N-dealkylation sites (N-methyl/N-ethyl adjacent to an activating group) is 1. The molecular formula is C56H95N2O6P. The molecule has 8 nitrogen and oxygen atoms in total. The molecule has 0 aliphatic carbocycles. The first-order valence-corrected chi connectivity index (χ1v) is 26.9. The van der Waals surface area contributed by atoms with Crippen LogP contribution < -0.4 is 10.2 Å². The Labute approximate surface area is 399 Å². The number of quaternary nitrogens is 1. The number of carbonyl (C=O) groups excluding carboxylic acids is 1. The lowest BCUT2D eigenvalue weighted by atomic mass is 10.1. The minimum Gasteiger partial charge on any atom is -0.756 e. The Balaban J connectivity index is 4.34. The fraction of sp³-hybridized carbons (Fsp3) is 0.625. The average Bonchev–Trinajstić information content (AvgIpc) is 3.26. The average molecular weight is 923 g/mol. The molecule has 0 aliphatic rings. The van der Waals surface area contributed by atoms with Gasteiger partial charge in [0.05, 0.1) is 39.9 Å². The summed E-state index contributed by atoms with van der Waals surface area (Å²) in [4.78, 5) is 25.3. The van der Waals surface area contributed by atoms with Crippen LogP contribution in [0.15, 0.2) is 122 Å². The number of nitrogens with one attached hydrogen (secondary N) is 1. The SMILES string of the molecule is CC/C=C\C/C=C\C/C=C\C/C=C\C/C=C\C/C=C\C/C=C\C/C=C\C/C=C\CCCCCC(=O)NC(COP(=O)([O-])OCC[N+](C)(C)C)C(O)/C=C/CCCCCCCCCCCC. The number of nitrogens with zero attached hydrogens (tertiary/aromatic N) is 1. The molecule has 0 heterocycles. The molecule has 0 radical (unpaired) electrons. The number of amides is 1. The molecule has 9 heteroatoms. The molecule has 0 fully saturated rings. The fourth-order valence-corrected chi connectivity index (χ4v) is 7.16. The zero-order valence-corrected chi connectivity index (χ0v) is 42.8. The predicted octanol–water partition coefficient (Wildman–Crippen LogP) is 14.4. The molecule has 0 spiro atoms. The van der Waals surface area contributed by atoms with Crippen LogP contribution >= 0.6 is 7.82 Å². The topological polar surface area (TPSA) is 108 Å². The Morgan fingerprint density at radius 2 is 0.938 bits per heavy atom. The summed E-state index contributed by atoms with van der Waals surface area (Å²) in [5.41, 5.74) is 0. The van der Waals surface area contributed by atoms with E-state index < -0.39 is 26.6 Å². The van der Waals surface area contributed by atoms with Crippen molar-refractivity contribution in [3.63, 3.8) is 0 Å². The lowest BCUT2D eigenvalue weighted by Gasteiger charge is -2.29. The molecule has 0 aromatic rings. The highest BCUT2D eigenvalue weighted by Gasteiger charge is 2.23. The first-order chi connectivity index (χ1) is 31.5.